The van der Waals surface area contributed by atoms with Crippen molar-refractivity contribution in [1.29, 1.82) is 0 Å². The SMILES string of the molecule is COCCC(N)c1cc(N/N=C\c2c[nH]c3ccccc23)nc(OCCN2CCOCC2)n1. The highest BCUT2D eigenvalue weighted by atomic mass is 16.5. The Morgan fingerprint density at radius 1 is 1.27 bits per heavy atom. The number of para-hydroxylation sites is 1. The molecule has 1 fully saturated rings. The van der Waals surface area contributed by atoms with Crippen LogP contribution in [0.5, 0.6) is 6.01 Å². The second-order valence-electron chi connectivity index (χ2n) is 7.81. The molecule has 0 aliphatic carbocycles. The molecule has 4 rings (SSSR count). The van der Waals surface area contributed by atoms with Crippen molar-refractivity contribution >= 4 is 22.9 Å². The number of methoxy groups -OCH3 is 1. The molecule has 0 bridgehead atoms. The number of nitrogens with zero attached hydrogens (tertiary/aromatic N) is 4. The molecule has 1 aromatic carbocycles. The smallest absolute Gasteiger partial charge is 0.318 e. The fraction of sp³-hybridized carbons (Fsp3) is 0.435. The van der Waals surface area contributed by atoms with E-state index < -0.39 is 0 Å². The van der Waals surface area contributed by atoms with Crippen LogP contribution in [0.4, 0.5) is 5.82 Å². The topological polar surface area (TPSA) is 123 Å². The summed E-state index contributed by atoms with van der Waals surface area (Å²) in [4.78, 5) is 14.5. The first-order valence-electron chi connectivity index (χ1n) is 11.1. The standard InChI is InChI=1S/C23H31N7O3/c1-31-10-6-19(24)21-14-22(28-23(27-21)33-13-9-30-7-11-32-12-8-30)29-26-16-17-15-25-20-5-3-2-4-18(17)20/h2-5,14-16,19,25H,6-13,24H2,1H3,(H,27,28,29)/b26-16-. The summed E-state index contributed by atoms with van der Waals surface area (Å²) in [7, 11) is 1.65. The quantitative estimate of drug-likeness (QED) is 0.298. The molecule has 2 aromatic heterocycles. The van der Waals surface area contributed by atoms with E-state index in [0.29, 0.717) is 31.1 Å². The van der Waals surface area contributed by atoms with E-state index in [1.807, 2.05) is 30.5 Å². The van der Waals surface area contributed by atoms with Gasteiger partial charge in [-0.05, 0) is 12.5 Å². The lowest BCUT2D eigenvalue weighted by atomic mass is 10.1. The highest BCUT2D eigenvalue weighted by Crippen LogP contribution is 2.20. The molecule has 4 N–H and O–H groups in total. The van der Waals surface area contributed by atoms with Crippen molar-refractivity contribution in [2.75, 3.05) is 58.6 Å². The van der Waals surface area contributed by atoms with Crippen molar-refractivity contribution < 1.29 is 14.2 Å². The summed E-state index contributed by atoms with van der Waals surface area (Å²) in [6.07, 6.45) is 4.31. The summed E-state index contributed by atoms with van der Waals surface area (Å²) < 4.78 is 16.4. The van der Waals surface area contributed by atoms with Crippen LogP contribution in [0, 0.1) is 0 Å². The van der Waals surface area contributed by atoms with Crippen molar-refractivity contribution in [1.82, 2.24) is 19.9 Å². The largest absolute Gasteiger partial charge is 0.462 e. The van der Waals surface area contributed by atoms with Crippen LogP contribution >= 0.6 is 0 Å². The minimum atomic E-state index is -0.298. The van der Waals surface area contributed by atoms with Crippen molar-refractivity contribution in [3.05, 3.63) is 47.8 Å². The third-order valence-electron chi connectivity index (χ3n) is 5.48. The molecule has 176 valence electrons. The third kappa shape index (κ3) is 6.48. The average molecular weight is 454 g/mol. The van der Waals surface area contributed by atoms with Crippen LogP contribution in [0.2, 0.25) is 0 Å². The van der Waals surface area contributed by atoms with Crippen molar-refractivity contribution in [2.45, 2.75) is 12.5 Å². The lowest BCUT2D eigenvalue weighted by molar-refractivity contribution is 0.0317. The number of hydrogen-bond acceptors (Lipinski definition) is 9. The van der Waals surface area contributed by atoms with E-state index in [1.54, 1.807) is 19.4 Å². The molecule has 1 unspecified atom stereocenters. The molecular formula is C23H31N7O3. The first kappa shape index (κ1) is 23.1. The number of hydrazone groups is 1. The van der Waals surface area contributed by atoms with Gasteiger partial charge in [0.2, 0.25) is 0 Å². The highest BCUT2D eigenvalue weighted by Gasteiger charge is 2.14. The Kier molecular flexibility index (Phi) is 8.20. The Bertz CT molecular complexity index is 1050. The molecule has 0 amide bonds. The van der Waals surface area contributed by atoms with Gasteiger partial charge in [-0.3, -0.25) is 10.3 Å². The number of anilines is 1. The Labute approximate surface area is 193 Å². The number of benzene rings is 1. The number of aromatic nitrogens is 3. The van der Waals surface area contributed by atoms with Gasteiger partial charge in [-0.1, -0.05) is 18.2 Å². The molecule has 1 saturated heterocycles. The minimum absolute atomic E-state index is 0.276. The predicted molar refractivity (Wildman–Crippen MR) is 128 cm³/mol. The van der Waals surface area contributed by atoms with Crippen LogP contribution in [0.3, 0.4) is 0 Å². The first-order valence-corrected chi connectivity index (χ1v) is 11.1. The van der Waals surface area contributed by atoms with Crippen LogP contribution < -0.4 is 15.9 Å². The maximum absolute atomic E-state index is 6.31. The number of rotatable bonds is 11. The van der Waals surface area contributed by atoms with Crippen LogP contribution in [-0.4, -0.2) is 79.2 Å². The van der Waals surface area contributed by atoms with E-state index in [9.17, 15) is 0 Å². The number of ether oxygens (including phenoxy) is 3. The molecule has 10 heteroatoms. The average Bonchev–Trinajstić information content (AvgIpc) is 3.26. The van der Waals surface area contributed by atoms with Gasteiger partial charge in [-0.2, -0.15) is 15.1 Å². The summed E-state index contributed by atoms with van der Waals surface area (Å²) in [5.74, 6) is 0.519. The number of nitrogens with two attached hydrogens (primary N) is 1. The van der Waals surface area contributed by atoms with Gasteiger partial charge < -0.3 is 24.9 Å². The summed E-state index contributed by atoms with van der Waals surface area (Å²) >= 11 is 0. The third-order valence-corrected chi connectivity index (χ3v) is 5.48. The second-order valence-corrected chi connectivity index (χ2v) is 7.81. The van der Waals surface area contributed by atoms with Gasteiger partial charge in [0.05, 0.1) is 25.1 Å². The first-order chi connectivity index (χ1) is 16.2. The molecule has 0 spiro atoms. The van der Waals surface area contributed by atoms with Crippen LogP contribution in [0.25, 0.3) is 10.9 Å². The van der Waals surface area contributed by atoms with Crippen LogP contribution in [0.1, 0.15) is 23.7 Å². The number of morpholine rings is 1. The molecule has 1 atom stereocenters. The number of nitrogens with one attached hydrogen (secondary N) is 2. The van der Waals surface area contributed by atoms with Gasteiger partial charge >= 0.3 is 6.01 Å². The number of aromatic amines is 1. The van der Waals surface area contributed by atoms with E-state index >= 15 is 0 Å². The van der Waals surface area contributed by atoms with E-state index in [0.717, 1.165) is 49.3 Å². The highest BCUT2D eigenvalue weighted by molar-refractivity contribution is 5.99. The Hall–Kier alpha value is -3.05. The molecule has 1 aliphatic heterocycles. The number of hydrogen-bond donors (Lipinski definition) is 3. The lowest BCUT2D eigenvalue weighted by Crippen LogP contribution is -2.38. The Balaban J connectivity index is 1.44. The normalized spacial score (nSPS) is 15.8. The van der Waals surface area contributed by atoms with Crippen molar-refractivity contribution in [3.8, 4) is 6.01 Å². The van der Waals surface area contributed by atoms with E-state index in [2.05, 4.69) is 30.4 Å². The van der Waals surface area contributed by atoms with E-state index in [1.165, 1.54) is 0 Å². The number of H-pyrrole nitrogens is 1. The predicted octanol–water partition coefficient (Wildman–Crippen LogP) is 2.15. The van der Waals surface area contributed by atoms with Gasteiger partial charge in [-0.25, -0.2) is 0 Å². The van der Waals surface area contributed by atoms with Gasteiger partial charge in [0.25, 0.3) is 0 Å². The zero-order valence-electron chi connectivity index (χ0n) is 18.9. The maximum Gasteiger partial charge on any atom is 0.318 e. The zero-order valence-corrected chi connectivity index (χ0v) is 18.9. The van der Waals surface area contributed by atoms with Crippen molar-refractivity contribution in [3.63, 3.8) is 0 Å². The second kappa shape index (κ2) is 11.7. The van der Waals surface area contributed by atoms with E-state index in [-0.39, 0.29) is 12.1 Å². The lowest BCUT2D eigenvalue weighted by Gasteiger charge is -2.26. The van der Waals surface area contributed by atoms with Gasteiger partial charge in [0.15, 0.2) is 5.82 Å². The summed E-state index contributed by atoms with van der Waals surface area (Å²) in [5, 5.41) is 5.46. The molecule has 0 saturated carbocycles. The molecule has 10 nitrogen and oxygen atoms in total. The maximum atomic E-state index is 6.31. The molecule has 1 aliphatic rings. The van der Waals surface area contributed by atoms with Gasteiger partial charge in [0.1, 0.15) is 6.61 Å². The van der Waals surface area contributed by atoms with Crippen LogP contribution in [0.15, 0.2) is 41.6 Å². The molecule has 0 radical (unpaired) electrons. The molecule has 3 heterocycles. The zero-order chi connectivity index (χ0) is 22.9. The van der Waals surface area contributed by atoms with E-state index in [4.69, 9.17) is 19.9 Å². The van der Waals surface area contributed by atoms with Gasteiger partial charge in [0, 0.05) is 68.1 Å². The fourth-order valence-electron chi connectivity index (χ4n) is 3.61. The van der Waals surface area contributed by atoms with Gasteiger partial charge in [-0.15, -0.1) is 0 Å². The number of fused-ring (bicyclic) bond motifs is 1. The molecular weight excluding hydrogens is 422 g/mol. The summed E-state index contributed by atoms with van der Waals surface area (Å²) in [6.45, 7) is 5.12. The Morgan fingerprint density at radius 2 is 2.12 bits per heavy atom. The fourth-order valence-corrected chi connectivity index (χ4v) is 3.61. The molecule has 33 heavy (non-hydrogen) atoms. The molecule has 3 aromatic rings. The summed E-state index contributed by atoms with van der Waals surface area (Å²) in [5.41, 5.74) is 12.0. The van der Waals surface area contributed by atoms with Crippen molar-refractivity contribution in [2.24, 2.45) is 10.8 Å². The van der Waals surface area contributed by atoms with Crippen LogP contribution in [-0.2, 0) is 9.47 Å². The minimum Gasteiger partial charge on any atom is -0.462 e. The monoisotopic (exact) mass is 453 g/mol. The Morgan fingerprint density at radius 3 is 2.97 bits per heavy atom. The summed E-state index contributed by atoms with van der Waals surface area (Å²) in [6, 6.07) is 9.84.